The Morgan fingerprint density at radius 2 is 0.839 bits per heavy atom. The SMILES string of the molecule is COc1ccc2c(c1OC)C(Cc1ccccc1)N1CCc3cc4c(cc3C1=C2)OCO4.COc1ccc2c(c1OC)C(Cc1ccccc1)N1CCc3cc4c(cc3C1C2)OCO4.COc1ccc2c(c1OC)CN1CCc3cc(O)c(O)cc3C1C2.Cc1c2cc(O)c(O)cc2cc2c3cc(O)c(O)cc3cc[n+]12.Cl.Cl.Cl.Oc1cc2c(cc1O)C1Cc3ccc(O)c(O)c3CN1CC2.[Cl-]. The normalized spacial score (nSPS) is 17.5. The van der Waals surface area contributed by atoms with E-state index in [1.807, 2.05) is 53.9 Å². The molecule has 10 aliphatic heterocycles. The lowest BCUT2D eigenvalue weighted by molar-refractivity contribution is -0.516. The molecule has 2 aromatic heterocycles. The van der Waals surface area contributed by atoms with Gasteiger partial charge in [-0.3, -0.25) is 14.7 Å². The van der Waals surface area contributed by atoms with E-state index in [9.17, 15) is 51.1 Å². The van der Waals surface area contributed by atoms with Gasteiger partial charge in [0, 0.05) is 116 Å². The minimum Gasteiger partial charge on any atom is -1.00 e. The highest BCUT2D eigenvalue weighted by molar-refractivity contribution is 6.00. The zero-order valence-corrected chi connectivity index (χ0v) is 79.6. The molecule has 10 aliphatic rings. The van der Waals surface area contributed by atoms with Gasteiger partial charge in [0.1, 0.15) is 0 Å². The van der Waals surface area contributed by atoms with E-state index in [1.165, 1.54) is 103 Å². The molecular formula is C108H107Cl4N5O20. The Labute approximate surface area is 817 Å². The molecule has 12 heterocycles. The number of methoxy groups -OCH3 is 6. The van der Waals surface area contributed by atoms with Crippen molar-refractivity contribution in [3.63, 3.8) is 0 Å². The van der Waals surface area contributed by atoms with Crippen LogP contribution < -0.4 is 64.2 Å². The van der Waals surface area contributed by atoms with Crippen molar-refractivity contribution in [1.82, 2.24) is 19.6 Å². The van der Waals surface area contributed by atoms with Gasteiger partial charge in [-0.1, -0.05) is 84.9 Å². The molecular weight excluding hydrogens is 1830 g/mol. The Morgan fingerprint density at radius 3 is 1.44 bits per heavy atom. The molecule has 25 nitrogen and oxygen atoms in total. The number of rotatable bonds is 10. The summed E-state index contributed by atoms with van der Waals surface area (Å²) in [7, 11) is 10.2. The second kappa shape index (κ2) is 40.0. The van der Waals surface area contributed by atoms with Crippen molar-refractivity contribution in [3.8, 4) is 115 Å². The summed E-state index contributed by atoms with van der Waals surface area (Å²) in [5, 5.41) is 101. The zero-order chi connectivity index (χ0) is 91.9. The molecule has 0 radical (unpaired) electrons. The molecule has 0 saturated heterocycles. The van der Waals surface area contributed by atoms with Gasteiger partial charge in [0.15, 0.2) is 127 Å². The van der Waals surface area contributed by atoms with Gasteiger partial charge in [-0.05, 0) is 244 Å². The molecule has 0 aliphatic carbocycles. The first-order valence-electron chi connectivity index (χ1n) is 44.8. The fourth-order valence-electron chi connectivity index (χ4n) is 21.6. The van der Waals surface area contributed by atoms with Crippen LogP contribution in [0.15, 0.2) is 200 Å². The van der Waals surface area contributed by atoms with Crippen LogP contribution in [0.25, 0.3) is 38.8 Å². The van der Waals surface area contributed by atoms with Crippen molar-refractivity contribution < 1.29 is 115 Å². The molecule has 10 N–H and O–H groups in total. The largest absolute Gasteiger partial charge is 1.00 e. The molecule has 0 spiro atoms. The third kappa shape index (κ3) is 17.8. The van der Waals surface area contributed by atoms with Gasteiger partial charge in [0.25, 0.3) is 0 Å². The van der Waals surface area contributed by atoms with Crippen LogP contribution in [0.1, 0.15) is 136 Å². The molecule has 24 rings (SSSR count). The summed E-state index contributed by atoms with van der Waals surface area (Å²) in [4.78, 5) is 9.81. The Hall–Kier alpha value is -13.6. The van der Waals surface area contributed by atoms with Crippen LogP contribution >= 0.6 is 37.2 Å². The van der Waals surface area contributed by atoms with E-state index in [0.29, 0.717) is 25.8 Å². The van der Waals surface area contributed by atoms with Gasteiger partial charge >= 0.3 is 0 Å². The number of phenols is 10. The Kier molecular flexibility index (Phi) is 28.1. The summed E-state index contributed by atoms with van der Waals surface area (Å²) < 4.78 is 58.8. The number of hydrogen-bond acceptors (Lipinski definition) is 24. The average molecular weight is 1940 g/mol. The predicted octanol–water partition coefficient (Wildman–Crippen LogP) is 16.0. The van der Waals surface area contributed by atoms with Crippen LogP contribution in [-0.2, 0) is 70.9 Å². The first kappa shape index (κ1) is 96.5. The maximum absolute atomic E-state index is 10.1. The molecule has 712 valence electrons. The van der Waals surface area contributed by atoms with Gasteiger partial charge in [-0.15, -0.1) is 37.2 Å². The van der Waals surface area contributed by atoms with E-state index in [-0.39, 0.29) is 138 Å². The molecule has 137 heavy (non-hydrogen) atoms. The third-order valence-electron chi connectivity index (χ3n) is 28.2. The van der Waals surface area contributed by atoms with E-state index in [2.05, 4.69) is 129 Å². The van der Waals surface area contributed by atoms with Crippen LogP contribution in [0, 0.1) is 6.92 Å². The summed E-state index contributed by atoms with van der Waals surface area (Å²) in [6.07, 6.45) is 12.1. The number of phenolic OH excluding ortho intramolecular Hbond substituents is 10. The average Bonchev–Trinajstić information content (AvgIpc) is 1.59. The zero-order valence-electron chi connectivity index (χ0n) is 76.4. The molecule has 0 amide bonds. The van der Waals surface area contributed by atoms with Gasteiger partial charge in [0.2, 0.25) is 19.1 Å². The number of halogens is 4. The number of nitrogens with zero attached hydrogens (tertiary/aromatic N) is 5. The number of pyridine rings is 2. The quantitative estimate of drug-likeness (QED) is 0.0263. The first-order valence-corrected chi connectivity index (χ1v) is 44.8. The van der Waals surface area contributed by atoms with Crippen molar-refractivity contribution in [3.05, 3.63) is 306 Å². The highest BCUT2D eigenvalue weighted by Gasteiger charge is 2.44. The second-order valence-corrected chi connectivity index (χ2v) is 35.2. The highest BCUT2D eigenvalue weighted by Crippen LogP contribution is 2.56. The van der Waals surface area contributed by atoms with Crippen LogP contribution in [0.3, 0.4) is 0 Å². The number of hydrogen-bond donors (Lipinski definition) is 10. The lowest BCUT2D eigenvalue weighted by atomic mass is 9.78. The van der Waals surface area contributed by atoms with Crippen LogP contribution in [0.5, 0.6) is 115 Å². The van der Waals surface area contributed by atoms with E-state index in [4.69, 9.17) is 47.4 Å². The summed E-state index contributed by atoms with van der Waals surface area (Å²) in [5.74, 6) is 7.16. The van der Waals surface area contributed by atoms with E-state index in [0.717, 1.165) is 208 Å². The summed E-state index contributed by atoms with van der Waals surface area (Å²) >= 11 is 0. The van der Waals surface area contributed by atoms with Crippen molar-refractivity contribution in [1.29, 1.82) is 0 Å². The van der Waals surface area contributed by atoms with Crippen molar-refractivity contribution >= 4 is 76.1 Å². The summed E-state index contributed by atoms with van der Waals surface area (Å²) in [5.41, 5.74) is 24.3. The number of aromatic nitrogens is 1. The van der Waals surface area contributed by atoms with Gasteiger partial charge in [0.05, 0.1) is 59.5 Å². The Balaban J connectivity index is 0.000000124. The number of aryl methyl sites for hydroxylation is 1. The van der Waals surface area contributed by atoms with E-state index in [1.54, 1.807) is 66.9 Å². The van der Waals surface area contributed by atoms with Gasteiger partial charge in [-0.25, -0.2) is 0 Å². The van der Waals surface area contributed by atoms with Crippen LogP contribution in [0.2, 0.25) is 0 Å². The van der Waals surface area contributed by atoms with Crippen molar-refractivity contribution in [2.75, 3.05) is 82.4 Å². The Bertz CT molecular complexity index is 7000. The molecule has 29 heteroatoms. The second-order valence-electron chi connectivity index (χ2n) is 35.2. The number of ether oxygens (including phenoxy) is 10. The van der Waals surface area contributed by atoms with E-state index < -0.39 is 0 Å². The predicted molar refractivity (Wildman–Crippen MR) is 523 cm³/mol. The number of benzene rings is 12. The first-order chi connectivity index (χ1) is 64.6. The van der Waals surface area contributed by atoms with Crippen LogP contribution in [0.4, 0.5) is 0 Å². The maximum atomic E-state index is 10.1. The number of aromatic hydroxyl groups is 10. The summed E-state index contributed by atoms with van der Waals surface area (Å²) in [6, 6.07) is 63.3. The monoisotopic (exact) mass is 1930 g/mol. The van der Waals surface area contributed by atoms with Gasteiger partial charge in [-0.2, -0.15) is 4.40 Å². The smallest absolute Gasteiger partial charge is 0.231 e. The summed E-state index contributed by atoms with van der Waals surface area (Å²) in [6.45, 7) is 7.53. The molecule has 14 aromatic rings. The molecule has 0 saturated carbocycles. The Morgan fingerprint density at radius 1 is 0.380 bits per heavy atom. The standard InChI is InChI=1S/C27H27NO4.C27H25NO4.C19H21NO4.C18H13NO4.C17H17NO4.4ClH/c2*1-29-23-9-8-19-13-21-20-15-25-24(31-16-32-25)14-18(20)10-11-28(21)22(26(19)27(23)30-2)12-17-6-4-3-5-7-17;1-23-18-4-3-11-7-15-13-9-17(22)16(21)8-12(13)5-6-20(15)10-14(11)19(18)24-2;1-9-12-7-17(22)16(21)6-11(12)4-14-13-8-18(23)15(20)5-10(13)2-3-19(9)14;19-14-2-1-9-5-13-11-7-16(21)15(20)6-10(11)3-4-18(13)8-12(9)17(14)22;;;;/h3-9,14-15,21-22H,10-13,16H2,1-2H3;3-9,13-15,22H,10-12,16H2,1-2H3;3-4,8-9,15,21-22H,5-7,10H2,1-2H3;2-8H,1H3,(H3,20,21,22,23);1-2,6-7,13,19-22H,3-5,8H2;4*1H. The maximum Gasteiger partial charge on any atom is 0.231 e. The van der Waals surface area contributed by atoms with Gasteiger partial charge < -0.3 is 116 Å². The molecule has 0 fully saturated rings. The minimum absolute atomic E-state index is 0. The molecule has 5 atom stereocenters. The molecule has 0 bridgehead atoms. The molecule has 12 aromatic carbocycles. The highest BCUT2D eigenvalue weighted by atomic mass is 35.5. The van der Waals surface area contributed by atoms with Crippen molar-refractivity contribution in [2.24, 2.45) is 0 Å². The fourth-order valence-corrected chi connectivity index (χ4v) is 21.6. The lowest BCUT2D eigenvalue weighted by Crippen LogP contribution is -3.00. The van der Waals surface area contributed by atoms with Crippen LogP contribution in [-0.4, -0.2) is 153 Å². The van der Waals surface area contributed by atoms with E-state index >= 15 is 0 Å². The topological polar surface area (TPSA) is 312 Å². The van der Waals surface area contributed by atoms with Crippen molar-refractivity contribution in [2.45, 2.75) is 108 Å². The molecule has 5 unspecified atom stereocenters. The fraction of sp³-hybridized carbons (Fsp3) is 0.269. The number of fused-ring (bicyclic) bond motifs is 22. The third-order valence-corrected chi connectivity index (χ3v) is 28.2. The lowest BCUT2D eigenvalue weighted by Gasteiger charge is -2.47. The minimum atomic E-state index is -0.183.